The van der Waals surface area contributed by atoms with E-state index >= 15 is 0 Å². The van der Waals surface area contributed by atoms with Crippen LogP contribution in [0, 0.1) is 0 Å². The number of nitrogens with two attached hydrogens (primary N) is 1. The van der Waals surface area contributed by atoms with E-state index in [0.717, 1.165) is 59.6 Å². The Kier molecular flexibility index (Phi) is 3.71. The summed E-state index contributed by atoms with van der Waals surface area (Å²) in [5.74, 6) is 1.18. The average molecular weight is 363 g/mol. The zero-order valence-electron chi connectivity index (χ0n) is 15.1. The Hall–Kier alpha value is -3.13. The fourth-order valence-electron chi connectivity index (χ4n) is 3.68. The zero-order chi connectivity index (χ0) is 18.4. The Morgan fingerprint density at radius 2 is 2.04 bits per heavy atom. The van der Waals surface area contributed by atoms with E-state index in [1.54, 1.807) is 4.52 Å². The number of benzene rings is 1. The Bertz CT molecular complexity index is 1120. The number of nitrogens with zero attached hydrogens (tertiary/aromatic N) is 5. The van der Waals surface area contributed by atoms with E-state index in [4.69, 9.17) is 10.5 Å². The van der Waals surface area contributed by atoms with Crippen LogP contribution in [0.3, 0.4) is 0 Å². The van der Waals surface area contributed by atoms with Gasteiger partial charge in [0.1, 0.15) is 5.82 Å². The van der Waals surface area contributed by atoms with E-state index in [9.17, 15) is 0 Å². The number of pyridine rings is 1. The van der Waals surface area contributed by atoms with Crippen molar-refractivity contribution < 1.29 is 4.74 Å². The lowest BCUT2D eigenvalue weighted by atomic mass is 10.0. The summed E-state index contributed by atoms with van der Waals surface area (Å²) in [6, 6.07) is 10.7. The number of hydrogen-bond donors (Lipinski definition) is 2. The summed E-state index contributed by atoms with van der Waals surface area (Å²) in [6.07, 6.45) is 3.79. The van der Waals surface area contributed by atoms with Crippen molar-refractivity contribution in [2.75, 3.05) is 24.3 Å². The maximum absolute atomic E-state index is 5.86. The molecular formula is C19H21N7O. The van der Waals surface area contributed by atoms with Gasteiger partial charge in [0.15, 0.2) is 5.65 Å². The highest BCUT2D eigenvalue weighted by Gasteiger charge is 2.19. The van der Waals surface area contributed by atoms with Gasteiger partial charge in [0.05, 0.1) is 11.7 Å². The van der Waals surface area contributed by atoms with Crippen molar-refractivity contribution in [1.29, 1.82) is 0 Å². The summed E-state index contributed by atoms with van der Waals surface area (Å²) in [5, 5.41) is 13.5. The molecule has 0 amide bonds. The van der Waals surface area contributed by atoms with Gasteiger partial charge in [-0.2, -0.15) is 14.6 Å². The minimum Gasteiger partial charge on any atom is -0.381 e. The highest BCUT2D eigenvalue weighted by atomic mass is 16.5. The first kappa shape index (κ1) is 16.1. The number of hydrogen-bond acceptors (Lipinski definition) is 6. The lowest BCUT2D eigenvalue weighted by Crippen LogP contribution is -2.29. The first-order valence-electron chi connectivity index (χ1n) is 9.11. The van der Waals surface area contributed by atoms with E-state index in [-0.39, 0.29) is 5.95 Å². The van der Waals surface area contributed by atoms with Crippen LogP contribution in [0.4, 0.5) is 11.8 Å². The molecule has 4 heterocycles. The summed E-state index contributed by atoms with van der Waals surface area (Å²) < 4.78 is 9.18. The van der Waals surface area contributed by atoms with Crippen molar-refractivity contribution in [3.05, 3.63) is 36.5 Å². The lowest BCUT2D eigenvalue weighted by Gasteiger charge is -2.25. The number of rotatable bonds is 3. The molecule has 5 rings (SSSR count). The number of anilines is 2. The Morgan fingerprint density at radius 1 is 1.19 bits per heavy atom. The van der Waals surface area contributed by atoms with Crippen molar-refractivity contribution in [2.45, 2.75) is 18.9 Å². The second-order valence-corrected chi connectivity index (χ2v) is 6.91. The molecule has 0 unspecified atom stereocenters. The predicted molar refractivity (Wildman–Crippen MR) is 105 cm³/mol. The summed E-state index contributed by atoms with van der Waals surface area (Å²) in [6.45, 7) is 1.53. The molecule has 138 valence electrons. The normalized spacial score (nSPS) is 15.6. The molecule has 3 N–H and O–H groups in total. The van der Waals surface area contributed by atoms with Crippen molar-refractivity contribution >= 4 is 28.3 Å². The molecule has 0 atom stereocenters. The maximum atomic E-state index is 5.86. The Labute approximate surface area is 155 Å². The topological polar surface area (TPSA) is 95.3 Å². The third-order valence-corrected chi connectivity index (χ3v) is 5.14. The van der Waals surface area contributed by atoms with Gasteiger partial charge in [0, 0.05) is 37.3 Å². The van der Waals surface area contributed by atoms with E-state index < -0.39 is 0 Å². The molecular weight excluding hydrogens is 342 g/mol. The molecule has 1 aliphatic rings. The fraction of sp³-hybridized carbons (Fsp3) is 0.316. The fourth-order valence-corrected chi connectivity index (χ4v) is 3.68. The second kappa shape index (κ2) is 6.24. The van der Waals surface area contributed by atoms with Gasteiger partial charge in [-0.15, -0.1) is 5.10 Å². The molecule has 0 bridgehead atoms. The lowest BCUT2D eigenvalue weighted by molar-refractivity contribution is 0.0903. The second-order valence-electron chi connectivity index (χ2n) is 6.91. The number of aryl methyl sites for hydroxylation is 1. The molecule has 8 nitrogen and oxygen atoms in total. The molecule has 1 aromatic carbocycles. The monoisotopic (exact) mass is 363 g/mol. The van der Waals surface area contributed by atoms with Crippen LogP contribution in [0.1, 0.15) is 12.8 Å². The maximum Gasteiger partial charge on any atom is 0.240 e. The average Bonchev–Trinajstić information content (AvgIpc) is 3.25. The highest BCUT2D eigenvalue weighted by molar-refractivity contribution is 5.87. The Balaban J connectivity index is 1.67. The third-order valence-electron chi connectivity index (χ3n) is 5.14. The highest BCUT2D eigenvalue weighted by Crippen LogP contribution is 2.32. The number of nitrogen functional groups attached to an aromatic ring is 1. The Morgan fingerprint density at radius 3 is 2.89 bits per heavy atom. The van der Waals surface area contributed by atoms with Gasteiger partial charge in [0.25, 0.3) is 0 Å². The van der Waals surface area contributed by atoms with Crippen LogP contribution in [-0.2, 0) is 11.8 Å². The van der Waals surface area contributed by atoms with Crippen molar-refractivity contribution in [1.82, 2.24) is 24.4 Å². The number of nitrogens with one attached hydrogen (secondary N) is 1. The van der Waals surface area contributed by atoms with E-state index in [2.05, 4.69) is 44.8 Å². The third kappa shape index (κ3) is 2.78. The predicted octanol–water partition coefficient (Wildman–Crippen LogP) is 2.46. The van der Waals surface area contributed by atoms with Crippen LogP contribution in [-0.4, -0.2) is 43.6 Å². The first-order valence-corrected chi connectivity index (χ1v) is 9.11. The molecule has 0 saturated carbocycles. The van der Waals surface area contributed by atoms with Gasteiger partial charge in [-0.3, -0.25) is 4.68 Å². The smallest absolute Gasteiger partial charge is 0.240 e. The summed E-state index contributed by atoms with van der Waals surface area (Å²) in [7, 11) is 1.95. The minimum atomic E-state index is 0.268. The van der Waals surface area contributed by atoms with Crippen LogP contribution in [0.2, 0.25) is 0 Å². The summed E-state index contributed by atoms with van der Waals surface area (Å²) in [5.41, 5.74) is 9.83. The van der Waals surface area contributed by atoms with Crippen LogP contribution in [0.25, 0.3) is 27.7 Å². The van der Waals surface area contributed by atoms with E-state index in [1.165, 1.54) is 0 Å². The van der Waals surface area contributed by atoms with E-state index in [0.29, 0.717) is 6.04 Å². The molecule has 27 heavy (non-hydrogen) atoms. The van der Waals surface area contributed by atoms with Gasteiger partial charge in [0.2, 0.25) is 5.95 Å². The summed E-state index contributed by atoms with van der Waals surface area (Å²) in [4.78, 5) is 4.31. The van der Waals surface area contributed by atoms with Gasteiger partial charge >= 0.3 is 0 Å². The van der Waals surface area contributed by atoms with Gasteiger partial charge in [-0.05, 0) is 36.6 Å². The molecule has 0 radical (unpaired) electrons. The molecule has 0 aliphatic carbocycles. The van der Waals surface area contributed by atoms with E-state index in [1.807, 2.05) is 24.0 Å². The molecule has 3 aromatic heterocycles. The molecule has 1 fully saturated rings. The molecule has 0 spiro atoms. The number of fused-ring (bicyclic) bond motifs is 2. The summed E-state index contributed by atoms with van der Waals surface area (Å²) >= 11 is 0. The van der Waals surface area contributed by atoms with Crippen LogP contribution < -0.4 is 11.1 Å². The number of aromatic nitrogens is 5. The largest absolute Gasteiger partial charge is 0.381 e. The van der Waals surface area contributed by atoms with Crippen molar-refractivity contribution in [2.24, 2.45) is 7.05 Å². The quantitative estimate of drug-likeness (QED) is 0.580. The van der Waals surface area contributed by atoms with Gasteiger partial charge in [-0.1, -0.05) is 12.1 Å². The van der Waals surface area contributed by atoms with Crippen molar-refractivity contribution in [3.63, 3.8) is 0 Å². The van der Waals surface area contributed by atoms with Crippen LogP contribution in [0.5, 0.6) is 0 Å². The molecule has 4 aromatic rings. The first-order chi connectivity index (χ1) is 13.2. The van der Waals surface area contributed by atoms with Crippen molar-refractivity contribution in [3.8, 4) is 11.1 Å². The molecule has 1 aliphatic heterocycles. The van der Waals surface area contributed by atoms with Crippen LogP contribution in [0.15, 0.2) is 36.5 Å². The minimum absolute atomic E-state index is 0.268. The van der Waals surface area contributed by atoms with Gasteiger partial charge in [-0.25, -0.2) is 0 Å². The van der Waals surface area contributed by atoms with Crippen LogP contribution >= 0.6 is 0 Å². The standard InChI is InChI=1S/C19H21N7O/c1-25-16-10-12(2-3-13(16)11-21-25)15-4-5-17-23-19(20)24-26(17)18(15)22-14-6-8-27-9-7-14/h2-5,10-11,14,22H,6-9H2,1H3,(H2,20,24). The van der Waals surface area contributed by atoms with Gasteiger partial charge < -0.3 is 15.8 Å². The SMILES string of the molecule is Cn1ncc2ccc(-c3ccc4nc(N)nn4c3NC3CCOCC3)cc21. The molecule has 1 saturated heterocycles. The zero-order valence-corrected chi connectivity index (χ0v) is 15.1. The molecule has 8 heteroatoms. The number of ether oxygens (including phenoxy) is 1.